The van der Waals surface area contributed by atoms with Crippen LogP contribution in [0, 0.1) is 20.8 Å². The summed E-state index contributed by atoms with van der Waals surface area (Å²) in [6, 6.07) is 14.7. The van der Waals surface area contributed by atoms with Crippen molar-refractivity contribution in [1.29, 1.82) is 0 Å². The van der Waals surface area contributed by atoms with Crippen molar-refractivity contribution in [3.8, 4) is 22.5 Å². The lowest BCUT2D eigenvalue weighted by molar-refractivity contribution is 0.0872. The van der Waals surface area contributed by atoms with Gasteiger partial charge in [0, 0.05) is 17.7 Å². The quantitative estimate of drug-likeness (QED) is 0.651. The summed E-state index contributed by atoms with van der Waals surface area (Å²) in [4.78, 5) is 4.72. The van der Waals surface area contributed by atoms with Gasteiger partial charge in [0.15, 0.2) is 0 Å². The molecule has 0 spiro atoms. The van der Waals surface area contributed by atoms with Gasteiger partial charge < -0.3 is 14.4 Å². The highest BCUT2D eigenvalue weighted by Crippen LogP contribution is 2.35. The minimum absolute atomic E-state index is 0.0439. The molecule has 0 aliphatic carbocycles. The number of hydrogen-bond acceptors (Lipinski definition) is 3. The van der Waals surface area contributed by atoms with Gasteiger partial charge in [-0.2, -0.15) is 0 Å². The van der Waals surface area contributed by atoms with Crippen molar-refractivity contribution in [3.05, 3.63) is 65.5 Å². The zero-order chi connectivity index (χ0) is 18.5. The van der Waals surface area contributed by atoms with Crippen molar-refractivity contribution in [2.45, 2.75) is 27.3 Å². The second-order valence-electron chi connectivity index (χ2n) is 6.61. The minimum Gasteiger partial charge on any atom is -0.394 e. The summed E-state index contributed by atoms with van der Waals surface area (Å²) in [5.74, 6) is 0. The van der Waals surface area contributed by atoms with Crippen LogP contribution in [0.3, 0.4) is 0 Å². The summed E-state index contributed by atoms with van der Waals surface area (Å²) in [6.45, 7) is 8.08. The highest BCUT2D eigenvalue weighted by atomic mass is 16.5. The number of benzene rings is 2. The molecule has 1 aromatic heterocycles. The topological polar surface area (TPSA) is 47.3 Å². The zero-order valence-corrected chi connectivity index (χ0v) is 15.7. The molecule has 4 heteroatoms. The number of nitrogens with zero attached hydrogens (tertiary/aromatic N) is 2. The Kier molecular flexibility index (Phi) is 5.86. The first-order valence-corrected chi connectivity index (χ1v) is 8.99. The molecule has 1 N–H and O–H groups in total. The van der Waals surface area contributed by atoms with Crippen molar-refractivity contribution in [2.24, 2.45) is 0 Å². The van der Waals surface area contributed by atoms with Gasteiger partial charge in [0.2, 0.25) is 0 Å². The fourth-order valence-corrected chi connectivity index (χ4v) is 3.50. The van der Waals surface area contributed by atoms with Gasteiger partial charge in [-0.1, -0.05) is 48.0 Å². The van der Waals surface area contributed by atoms with E-state index in [4.69, 9.17) is 14.8 Å². The van der Waals surface area contributed by atoms with Crippen LogP contribution in [-0.2, 0) is 11.3 Å². The predicted molar refractivity (Wildman–Crippen MR) is 105 cm³/mol. The molecular weight excluding hydrogens is 324 g/mol. The molecule has 4 nitrogen and oxygen atoms in total. The molecule has 0 saturated heterocycles. The number of aryl methyl sites for hydroxylation is 3. The van der Waals surface area contributed by atoms with Crippen LogP contribution < -0.4 is 0 Å². The summed E-state index contributed by atoms with van der Waals surface area (Å²) in [7, 11) is 0. The van der Waals surface area contributed by atoms with E-state index in [1.54, 1.807) is 0 Å². The van der Waals surface area contributed by atoms with E-state index in [1.165, 1.54) is 22.3 Å². The molecule has 26 heavy (non-hydrogen) atoms. The monoisotopic (exact) mass is 350 g/mol. The van der Waals surface area contributed by atoms with Crippen molar-refractivity contribution >= 4 is 0 Å². The van der Waals surface area contributed by atoms with Gasteiger partial charge in [-0.15, -0.1) is 0 Å². The summed E-state index contributed by atoms with van der Waals surface area (Å²) >= 11 is 0. The SMILES string of the molecule is Cc1cc(C)c(-c2c(-c3ccccc3)ncn2CCOCCO)c(C)c1. The number of hydrogen-bond donors (Lipinski definition) is 1. The Bertz CT molecular complexity index is 846. The third kappa shape index (κ3) is 3.87. The van der Waals surface area contributed by atoms with Crippen LogP contribution in [0.5, 0.6) is 0 Å². The number of aliphatic hydroxyl groups excluding tert-OH is 1. The maximum absolute atomic E-state index is 8.90. The fraction of sp³-hybridized carbons (Fsp3) is 0.318. The Morgan fingerprint density at radius 2 is 1.69 bits per heavy atom. The first-order valence-electron chi connectivity index (χ1n) is 8.99. The Morgan fingerprint density at radius 3 is 2.35 bits per heavy atom. The van der Waals surface area contributed by atoms with Gasteiger partial charge in [0.1, 0.15) is 0 Å². The van der Waals surface area contributed by atoms with Crippen LogP contribution in [0.15, 0.2) is 48.8 Å². The Hall–Kier alpha value is -2.43. The van der Waals surface area contributed by atoms with Gasteiger partial charge in [-0.25, -0.2) is 4.98 Å². The molecule has 3 aromatic rings. The molecule has 1 heterocycles. The van der Waals surface area contributed by atoms with Crippen molar-refractivity contribution in [3.63, 3.8) is 0 Å². The van der Waals surface area contributed by atoms with Crippen LogP contribution in [0.4, 0.5) is 0 Å². The fourth-order valence-electron chi connectivity index (χ4n) is 3.50. The van der Waals surface area contributed by atoms with E-state index in [9.17, 15) is 0 Å². The third-order valence-corrected chi connectivity index (χ3v) is 4.51. The molecule has 3 rings (SSSR count). The Labute approximate surface area is 155 Å². The number of aromatic nitrogens is 2. The maximum atomic E-state index is 8.90. The lowest BCUT2D eigenvalue weighted by Crippen LogP contribution is -2.09. The first kappa shape index (κ1) is 18.4. The molecule has 0 unspecified atom stereocenters. The standard InChI is InChI=1S/C22H26N2O2/c1-16-13-17(2)20(18(3)14-16)22-21(19-7-5-4-6-8-19)23-15-24(22)9-11-26-12-10-25/h4-8,13-15,25H,9-12H2,1-3H3. The third-order valence-electron chi connectivity index (χ3n) is 4.51. The van der Waals surface area contributed by atoms with Crippen LogP contribution in [-0.4, -0.2) is 34.5 Å². The second-order valence-corrected chi connectivity index (χ2v) is 6.61. The summed E-state index contributed by atoms with van der Waals surface area (Å²) in [6.07, 6.45) is 1.89. The molecular formula is C22H26N2O2. The normalized spacial score (nSPS) is 11.1. The van der Waals surface area contributed by atoms with Crippen molar-refractivity contribution in [2.75, 3.05) is 19.8 Å². The Morgan fingerprint density at radius 1 is 1.00 bits per heavy atom. The van der Waals surface area contributed by atoms with Gasteiger partial charge in [-0.05, 0) is 31.9 Å². The highest BCUT2D eigenvalue weighted by molar-refractivity contribution is 5.82. The second kappa shape index (κ2) is 8.30. The largest absolute Gasteiger partial charge is 0.394 e. The zero-order valence-electron chi connectivity index (χ0n) is 15.7. The average Bonchev–Trinajstić information content (AvgIpc) is 3.02. The van der Waals surface area contributed by atoms with E-state index in [2.05, 4.69) is 49.6 Å². The van der Waals surface area contributed by atoms with Gasteiger partial charge in [-0.3, -0.25) is 0 Å². The van der Waals surface area contributed by atoms with E-state index in [-0.39, 0.29) is 6.61 Å². The lowest BCUT2D eigenvalue weighted by atomic mass is 9.94. The van der Waals surface area contributed by atoms with E-state index in [0.717, 1.165) is 17.0 Å². The van der Waals surface area contributed by atoms with E-state index >= 15 is 0 Å². The molecule has 0 atom stereocenters. The van der Waals surface area contributed by atoms with Gasteiger partial charge in [0.25, 0.3) is 0 Å². The van der Waals surface area contributed by atoms with Crippen LogP contribution >= 0.6 is 0 Å². The molecule has 0 radical (unpaired) electrons. The number of imidazole rings is 1. The summed E-state index contributed by atoms with van der Waals surface area (Å²) in [5.41, 5.74) is 8.21. The van der Waals surface area contributed by atoms with Crippen LogP contribution in [0.2, 0.25) is 0 Å². The maximum Gasteiger partial charge on any atom is 0.0963 e. The summed E-state index contributed by atoms with van der Waals surface area (Å²) < 4.78 is 7.63. The number of ether oxygens (including phenoxy) is 1. The molecule has 0 fully saturated rings. The molecule has 0 amide bonds. The number of rotatable bonds is 7. The van der Waals surface area contributed by atoms with E-state index < -0.39 is 0 Å². The van der Waals surface area contributed by atoms with Gasteiger partial charge >= 0.3 is 0 Å². The van der Waals surface area contributed by atoms with Crippen LogP contribution in [0.25, 0.3) is 22.5 Å². The van der Waals surface area contributed by atoms with E-state index in [0.29, 0.717) is 19.8 Å². The molecule has 0 saturated carbocycles. The first-order chi connectivity index (χ1) is 12.6. The average molecular weight is 350 g/mol. The molecule has 0 aliphatic rings. The molecule has 2 aromatic carbocycles. The molecule has 136 valence electrons. The summed E-state index contributed by atoms with van der Waals surface area (Å²) in [5, 5.41) is 8.90. The lowest BCUT2D eigenvalue weighted by Gasteiger charge is -2.16. The van der Waals surface area contributed by atoms with Gasteiger partial charge in [0.05, 0.1) is 37.5 Å². The number of aliphatic hydroxyl groups is 1. The van der Waals surface area contributed by atoms with Crippen molar-refractivity contribution in [1.82, 2.24) is 9.55 Å². The van der Waals surface area contributed by atoms with Crippen molar-refractivity contribution < 1.29 is 9.84 Å². The molecule has 0 bridgehead atoms. The highest BCUT2D eigenvalue weighted by Gasteiger charge is 2.18. The van der Waals surface area contributed by atoms with E-state index in [1.807, 2.05) is 24.5 Å². The van der Waals surface area contributed by atoms with Crippen LogP contribution in [0.1, 0.15) is 16.7 Å². The minimum atomic E-state index is 0.0439. The Balaban J connectivity index is 2.10. The predicted octanol–water partition coefficient (Wildman–Crippen LogP) is 4.15. The molecule has 0 aliphatic heterocycles. The smallest absolute Gasteiger partial charge is 0.0963 e.